The third-order valence-electron chi connectivity index (χ3n) is 4.96. The minimum Gasteiger partial charge on any atom is -0.491 e. The second-order valence-electron chi connectivity index (χ2n) is 6.90. The number of anilines is 1. The predicted octanol–water partition coefficient (Wildman–Crippen LogP) is 3.35. The van der Waals surface area contributed by atoms with Crippen LogP contribution in [-0.4, -0.2) is 44.7 Å². The molecule has 1 aromatic heterocycles. The van der Waals surface area contributed by atoms with Gasteiger partial charge in [-0.25, -0.2) is 0 Å². The lowest BCUT2D eigenvalue weighted by atomic mass is 10.0. The molecular formula is C22H25N3O6. The molecule has 0 spiro atoms. The maximum atomic E-state index is 6.50. The standard InChI is InChI=1S/C22H25N3O6/c1-5-8-29-22-24-13(9-12-6-7-14-15(10-12)31-11-30-14)16-17(23)19(26-2)21(28-4)20(27-3)18(16)25-22/h6-7,10H,5,8-9,11,23H2,1-4H3. The second-order valence-corrected chi connectivity index (χ2v) is 6.90. The Hall–Kier alpha value is -3.62. The molecule has 164 valence electrons. The van der Waals surface area contributed by atoms with Gasteiger partial charge in [0, 0.05) is 6.42 Å². The van der Waals surface area contributed by atoms with Gasteiger partial charge in [-0.2, -0.15) is 9.97 Å². The minimum atomic E-state index is 0.214. The van der Waals surface area contributed by atoms with Crippen LogP contribution in [0.4, 0.5) is 5.69 Å². The van der Waals surface area contributed by atoms with Crippen LogP contribution >= 0.6 is 0 Å². The topological polar surface area (TPSA) is 107 Å². The van der Waals surface area contributed by atoms with Gasteiger partial charge >= 0.3 is 6.01 Å². The van der Waals surface area contributed by atoms with Gasteiger partial charge in [0.1, 0.15) is 5.52 Å². The fraction of sp³-hybridized carbons (Fsp3) is 0.364. The molecule has 0 amide bonds. The predicted molar refractivity (Wildman–Crippen MR) is 115 cm³/mol. The molecule has 9 nitrogen and oxygen atoms in total. The first kappa shape index (κ1) is 20.6. The highest BCUT2D eigenvalue weighted by molar-refractivity contribution is 6.02. The molecule has 2 heterocycles. The van der Waals surface area contributed by atoms with E-state index in [1.807, 2.05) is 25.1 Å². The summed E-state index contributed by atoms with van der Waals surface area (Å²) in [6.07, 6.45) is 1.28. The van der Waals surface area contributed by atoms with Crippen molar-refractivity contribution in [1.29, 1.82) is 0 Å². The number of hydrogen-bond donors (Lipinski definition) is 1. The molecule has 0 saturated heterocycles. The average molecular weight is 427 g/mol. The van der Waals surface area contributed by atoms with Crippen molar-refractivity contribution < 1.29 is 28.4 Å². The smallest absolute Gasteiger partial charge is 0.317 e. The lowest BCUT2D eigenvalue weighted by Crippen LogP contribution is -2.08. The first-order valence-electron chi connectivity index (χ1n) is 9.90. The zero-order valence-electron chi connectivity index (χ0n) is 18.0. The Bertz CT molecular complexity index is 1120. The second kappa shape index (κ2) is 8.63. The SMILES string of the molecule is CCCOc1nc(Cc2ccc3c(c2)OCO3)c2c(N)c(OC)c(OC)c(OC)c2n1. The van der Waals surface area contributed by atoms with Crippen LogP contribution in [0, 0.1) is 0 Å². The number of methoxy groups -OCH3 is 3. The number of ether oxygens (including phenoxy) is 6. The quantitative estimate of drug-likeness (QED) is 0.542. The van der Waals surface area contributed by atoms with Gasteiger partial charge in [0.05, 0.1) is 44.7 Å². The van der Waals surface area contributed by atoms with Gasteiger partial charge in [0.2, 0.25) is 12.5 Å². The maximum absolute atomic E-state index is 6.50. The van der Waals surface area contributed by atoms with Gasteiger partial charge in [0.25, 0.3) is 0 Å². The number of nitrogens with zero attached hydrogens (tertiary/aromatic N) is 2. The molecule has 1 aliphatic heterocycles. The van der Waals surface area contributed by atoms with Crippen molar-refractivity contribution >= 4 is 16.6 Å². The summed E-state index contributed by atoms with van der Waals surface area (Å²) in [4.78, 5) is 9.23. The van der Waals surface area contributed by atoms with Crippen molar-refractivity contribution in [3.8, 4) is 34.8 Å². The largest absolute Gasteiger partial charge is 0.491 e. The van der Waals surface area contributed by atoms with Gasteiger partial charge in [-0.15, -0.1) is 0 Å². The average Bonchev–Trinajstić information content (AvgIpc) is 3.25. The summed E-state index contributed by atoms with van der Waals surface area (Å²) in [6.45, 7) is 2.71. The Kier molecular flexibility index (Phi) is 5.75. The van der Waals surface area contributed by atoms with Crippen LogP contribution in [0.5, 0.6) is 34.8 Å². The summed E-state index contributed by atoms with van der Waals surface area (Å²) in [5.74, 6) is 2.55. The normalized spacial score (nSPS) is 12.1. The molecule has 3 aromatic rings. The number of rotatable bonds is 8. The molecule has 0 atom stereocenters. The number of fused-ring (bicyclic) bond motifs is 2. The monoisotopic (exact) mass is 427 g/mol. The van der Waals surface area contributed by atoms with Crippen molar-refractivity contribution in [3.05, 3.63) is 29.5 Å². The Labute approximate surface area is 180 Å². The fourth-order valence-electron chi connectivity index (χ4n) is 3.59. The number of nitrogens with two attached hydrogens (primary N) is 1. The van der Waals surface area contributed by atoms with Crippen LogP contribution in [0.1, 0.15) is 24.6 Å². The van der Waals surface area contributed by atoms with Crippen LogP contribution < -0.4 is 34.2 Å². The molecule has 0 bridgehead atoms. The molecule has 0 radical (unpaired) electrons. The number of aromatic nitrogens is 2. The molecule has 2 aromatic carbocycles. The highest BCUT2D eigenvalue weighted by Gasteiger charge is 2.26. The van der Waals surface area contributed by atoms with Crippen molar-refractivity contribution in [2.75, 3.05) is 40.5 Å². The minimum absolute atomic E-state index is 0.214. The Morgan fingerprint density at radius 1 is 0.968 bits per heavy atom. The van der Waals surface area contributed by atoms with Gasteiger partial charge in [-0.3, -0.25) is 0 Å². The molecule has 0 aliphatic carbocycles. The zero-order valence-corrected chi connectivity index (χ0v) is 18.0. The summed E-state index contributed by atoms with van der Waals surface area (Å²) >= 11 is 0. The van der Waals surface area contributed by atoms with Crippen LogP contribution in [0.2, 0.25) is 0 Å². The van der Waals surface area contributed by atoms with Gasteiger partial charge in [-0.1, -0.05) is 13.0 Å². The van der Waals surface area contributed by atoms with E-state index in [0.717, 1.165) is 17.7 Å². The highest BCUT2D eigenvalue weighted by Crippen LogP contribution is 2.49. The molecular weight excluding hydrogens is 402 g/mol. The van der Waals surface area contributed by atoms with Gasteiger partial charge in [0.15, 0.2) is 23.0 Å². The van der Waals surface area contributed by atoms with Crippen molar-refractivity contribution in [3.63, 3.8) is 0 Å². The summed E-state index contributed by atoms with van der Waals surface area (Å²) in [6, 6.07) is 6.01. The third kappa shape index (κ3) is 3.67. The molecule has 0 fully saturated rings. The van der Waals surface area contributed by atoms with E-state index in [2.05, 4.69) is 9.97 Å². The van der Waals surface area contributed by atoms with Gasteiger partial charge in [-0.05, 0) is 24.1 Å². The Morgan fingerprint density at radius 3 is 2.42 bits per heavy atom. The summed E-state index contributed by atoms with van der Waals surface area (Å²) in [5.41, 5.74) is 9.01. The number of hydrogen-bond acceptors (Lipinski definition) is 9. The molecule has 2 N–H and O–H groups in total. The van der Waals surface area contributed by atoms with Crippen LogP contribution in [0.3, 0.4) is 0 Å². The van der Waals surface area contributed by atoms with E-state index in [0.29, 0.717) is 58.3 Å². The van der Waals surface area contributed by atoms with Crippen molar-refractivity contribution in [1.82, 2.24) is 9.97 Å². The molecule has 9 heteroatoms. The van der Waals surface area contributed by atoms with E-state index >= 15 is 0 Å². The van der Waals surface area contributed by atoms with Crippen molar-refractivity contribution in [2.24, 2.45) is 0 Å². The van der Waals surface area contributed by atoms with E-state index in [1.54, 1.807) is 7.11 Å². The van der Waals surface area contributed by atoms with E-state index in [9.17, 15) is 0 Å². The lowest BCUT2D eigenvalue weighted by Gasteiger charge is -2.19. The van der Waals surface area contributed by atoms with E-state index < -0.39 is 0 Å². The third-order valence-corrected chi connectivity index (χ3v) is 4.96. The summed E-state index contributed by atoms with van der Waals surface area (Å²) in [7, 11) is 4.59. The molecule has 31 heavy (non-hydrogen) atoms. The first-order chi connectivity index (χ1) is 15.1. The van der Waals surface area contributed by atoms with Gasteiger partial charge < -0.3 is 34.2 Å². The lowest BCUT2D eigenvalue weighted by molar-refractivity contribution is 0.174. The van der Waals surface area contributed by atoms with Crippen LogP contribution in [0.15, 0.2) is 18.2 Å². The van der Waals surface area contributed by atoms with Crippen LogP contribution in [-0.2, 0) is 6.42 Å². The first-order valence-corrected chi connectivity index (χ1v) is 9.90. The molecule has 0 saturated carbocycles. The Balaban J connectivity index is 1.93. The molecule has 4 rings (SSSR count). The highest BCUT2D eigenvalue weighted by atomic mass is 16.7. The van der Waals surface area contributed by atoms with E-state index in [-0.39, 0.29) is 12.8 Å². The number of benzene rings is 2. The Morgan fingerprint density at radius 2 is 1.71 bits per heavy atom. The van der Waals surface area contributed by atoms with Crippen molar-refractivity contribution in [2.45, 2.75) is 19.8 Å². The zero-order chi connectivity index (χ0) is 22.0. The van der Waals surface area contributed by atoms with E-state index in [1.165, 1.54) is 14.2 Å². The maximum Gasteiger partial charge on any atom is 0.317 e. The number of nitrogen functional groups attached to an aromatic ring is 1. The summed E-state index contributed by atoms with van der Waals surface area (Å²) in [5, 5.41) is 0.621. The molecule has 1 aliphatic rings. The summed E-state index contributed by atoms with van der Waals surface area (Å²) < 4.78 is 33.3. The molecule has 0 unspecified atom stereocenters. The fourth-order valence-corrected chi connectivity index (χ4v) is 3.59. The van der Waals surface area contributed by atoms with Crippen LogP contribution in [0.25, 0.3) is 10.9 Å². The van der Waals surface area contributed by atoms with E-state index in [4.69, 9.17) is 34.2 Å².